The van der Waals surface area contributed by atoms with E-state index < -0.39 is 10.7 Å². The van der Waals surface area contributed by atoms with E-state index in [-0.39, 0.29) is 22.9 Å². The van der Waals surface area contributed by atoms with Gasteiger partial charge in [-0.05, 0) is 44.0 Å². The number of rotatable bonds is 6. The molecule has 1 N–H and O–H groups in total. The van der Waals surface area contributed by atoms with Gasteiger partial charge in [-0.2, -0.15) is 0 Å². The summed E-state index contributed by atoms with van der Waals surface area (Å²) in [4.78, 5) is 38.7. The molecule has 2 aromatic carbocycles. The van der Waals surface area contributed by atoms with E-state index in [1.165, 1.54) is 25.1 Å². The largest absolute Gasteiger partial charge is 0.382 e. The molecule has 8 nitrogen and oxygen atoms in total. The molecular formula is C22H23FN4O4. The quantitative estimate of drug-likeness (QED) is 0.432. The standard InChI is InChI=1S/C22H23FN4O4/c1-14(28)15-2-7-21(19(23)12-15)25-8-10-26(11-9-25)22(29)18-13-17(27(30)31)5-6-20(18)24-16-3-4-16/h2,5-7,12-13,16,24H,3-4,8-11H2,1H3. The number of nitrogens with one attached hydrogen (secondary N) is 1. The van der Waals surface area contributed by atoms with Crippen molar-refractivity contribution < 1.29 is 18.9 Å². The van der Waals surface area contributed by atoms with Gasteiger partial charge in [0, 0.05) is 55.6 Å². The minimum Gasteiger partial charge on any atom is -0.382 e. The zero-order valence-corrected chi connectivity index (χ0v) is 17.1. The maximum atomic E-state index is 14.5. The van der Waals surface area contributed by atoms with Crippen LogP contribution >= 0.6 is 0 Å². The number of benzene rings is 2. The summed E-state index contributed by atoms with van der Waals surface area (Å²) in [6, 6.07) is 9.01. The summed E-state index contributed by atoms with van der Waals surface area (Å²) in [7, 11) is 0. The molecule has 0 bridgehead atoms. The van der Waals surface area contributed by atoms with Crippen LogP contribution in [0.5, 0.6) is 0 Å². The van der Waals surface area contributed by atoms with Gasteiger partial charge in [-0.15, -0.1) is 0 Å². The number of ketones is 1. The monoisotopic (exact) mass is 426 g/mol. The van der Waals surface area contributed by atoms with Crippen LogP contribution in [0.1, 0.15) is 40.5 Å². The normalized spacial score (nSPS) is 16.2. The van der Waals surface area contributed by atoms with Crippen LogP contribution in [-0.4, -0.2) is 53.7 Å². The fourth-order valence-corrected chi connectivity index (χ4v) is 3.70. The summed E-state index contributed by atoms with van der Waals surface area (Å²) in [6.45, 7) is 2.94. The molecular weight excluding hydrogens is 403 g/mol. The highest BCUT2D eigenvalue weighted by molar-refractivity contribution is 6.00. The average molecular weight is 426 g/mol. The Morgan fingerprint density at radius 2 is 1.81 bits per heavy atom. The smallest absolute Gasteiger partial charge is 0.270 e. The van der Waals surface area contributed by atoms with Crippen molar-refractivity contribution in [3.05, 3.63) is 63.5 Å². The molecule has 1 aliphatic carbocycles. The second kappa shape index (κ2) is 8.33. The molecule has 162 valence electrons. The number of amides is 1. The molecule has 0 aromatic heterocycles. The molecule has 1 aliphatic heterocycles. The molecule has 4 rings (SSSR count). The van der Waals surface area contributed by atoms with E-state index in [0.29, 0.717) is 49.2 Å². The number of nitrogens with zero attached hydrogens (tertiary/aromatic N) is 3. The minimum atomic E-state index is -0.511. The van der Waals surface area contributed by atoms with Crippen LogP contribution in [0, 0.1) is 15.9 Å². The van der Waals surface area contributed by atoms with Gasteiger partial charge in [0.1, 0.15) is 5.82 Å². The molecule has 31 heavy (non-hydrogen) atoms. The first-order valence-corrected chi connectivity index (χ1v) is 10.2. The second-order valence-corrected chi connectivity index (χ2v) is 7.91. The van der Waals surface area contributed by atoms with Gasteiger partial charge in [0.15, 0.2) is 5.78 Å². The Balaban J connectivity index is 1.49. The first kappa shape index (κ1) is 20.8. The number of anilines is 2. The number of nitro groups is 1. The maximum absolute atomic E-state index is 14.5. The highest BCUT2D eigenvalue weighted by atomic mass is 19.1. The van der Waals surface area contributed by atoms with Crippen molar-refractivity contribution in [1.82, 2.24) is 4.90 Å². The van der Waals surface area contributed by atoms with E-state index in [1.807, 2.05) is 4.90 Å². The summed E-state index contributed by atoms with van der Waals surface area (Å²) < 4.78 is 14.5. The number of nitro benzene ring substituents is 1. The summed E-state index contributed by atoms with van der Waals surface area (Å²) in [5.74, 6) is -0.950. The van der Waals surface area contributed by atoms with E-state index in [0.717, 1.165) is 12.8 Å². The average Bonchev–Trinajstić information content (AvgIpc) is 3.57. The van der Waals surface area contributed by atoms with E-state index in [2.05, 4.69) is 5.32 Å². The van der Waals surface area contributed by atoms with Crippen molar-refractivity contribution in [2.75, 3.05) is 36.4 Å². The molecule has 1 amide bonds. The Bertz CT molecular complexity index is 1050. The number of piperazine rings is 1. The lowest BCUT2D eigenvalue weighted by Crippen LogP contribution is -2.49. The molecule has 2 fully saturated rings. The molecule has 0 spiro atoms. The number of carbonyl (C=O) groups is 2. The van der Waals surface area contributed by atoms with Crippen LogP contribution in [0.25, 0.3) is 0 Å². The zero-order valence-electron chi connectivity index (χ0n) is 17.1. The molecule has 0 unspecified atom stereocenters. The number of hydrogen-bond acceptors (Lipinski definition) is 6. The predicted molar refractivity (Wildman–Crippen MR) is 114 cm³/mol. The fraction of sp³-hybridized carbons (Fsp3) is 0.364. The third kappa shape index (κ3) is 4.50. The zero-order chi connectivity index (χ0) is 22.1. The first-order chi connectivity index (χ1) is 14.8. The van der Waals surface area contributed by atoms with Crippen LogP contribution in [0.3, 0.4) is 0 Å². The van der Waals surface area contributed by atoms with Crippen LogP contribution in [0.4, 0.5) is 21.5 Å². The lowest BCUT2D eigenvalue weighted by molar-refractivity contribution is -0.384. The fourth-order valence-electron chi connectivity index (χ4n) is 3.70. The van der Waals surface area contributed by atoms with Crippen molar-refractivity contribution in [3.8, 4) is 0 Å². The van der Waals surface area contributed by atoms with Gasteiger partial charge in [-0.1, -0.05) is 0 Å². The van der Waals surface area contributed by atoms with Crippen LogP contribution in [-0.2, 0) is 0 Å². The third-order valence-corrected chi connectivity index (χ3v) is 5.64. The molecule has 1 heterocycles. The van der Waals surface area contributed by atoms with E-state index in [4.69, 9.17) is 0 Å². The Labute approximate surface area is 178 Å². The molecule has 2 aliphatic rings. The lowest BCUT2D eigenvalue weighted by Gasteiger charge is -2.36. The number of non-ortho nitro benzene ring substituents is 1. The number of halogens is 1. The predicted octanol–water partition coefficient (Wildman–Crippen LogP) is 3.47. The van der Waals surface area contributed by atoms with Gasteiger partial charge in [-0.25, -0.2) is 4.39 Å². The Hall–Kier alpha value is -3.49. The minimum absolute atomic E-state index is 0.129. The summed E-state index contributed by atoms with van der Waals surface area (Å²) in [6.07, 6.45) is 2.02. The van der Waals surface area contributed by atoms with Gasteiger partial charge in [0.2, 0.25) is 0 Å². The topological polar surface area (TPSA) is 95.8 Å². The summed E-state index contributed by atoms with van der Waals surface area (Å²) >= 11 is 0. The van der Waals surface area contributed by atoms with Gasteiger partial charge in [0.05, 0.1) is 16.2 Å². The Kier molecular flexibility index (Phi) is 5.58. The SMILES string of the molecule is CC(=O)c1ccc(N2CCN(C(=O)c3cc([N+](=O)[O-])ccc3NC3CC3)CC2)c(F)c1. The van der Waals surface area contributed by atoms with E-state index >= 15 is 0 Å². The van der Waals surface area contributed by atoms with Crippen molar-refractivity contribution in [3.63, 3.8) is 0 Å². The number of carbonyl (C=O) groups excluding carboxylic acids is 2. The van der Waals surface area contributed by atoms with E-state index in [1.54, 1.807) is 23.1 Å². The van der Waals surface area contributed by atoms with Crippen molar-refractivity contribution in [2.24, 2.45) is 0 Å². The highest BCUT2D eigenvalue weighted by Gasteiger charge is 2.29. The number of hydrogen-bond donors (Lipinski definition) is 1. The Morgan fingerprint density at radius 3 is 2.39 bits per heavy atom. The van der Waals surface area contributed by atoms with Gasteiger partial charge >= 0.3 is 0 Å². The maximum Gasteiger partial charge on any atom is 0.270 e. The summed E-state index contributed by atoms with van der Waals surface area (Å²) in [5, 5.41) is 14.5. The van der Waals surface area contributed by atoms with Gasteiger partial charge in [0.25, 0.3) is 11.6 Å². The van der Waals surface area contributed by atoms with Crippen molar-refractivity contribution in [1.29, 1.82) is 0 Å². The van der Waals surface area contributed by atoms with Gasteiger partial charge in [-0.3, -0.25) is 19.7 Å². The van der Waals surface area contributed by atoms with E-state index in [9.17, 15) is 24.1 Å². The third-order valence-electron chi connectivity index (χ3n) is 5.64. The highest BCUT2D eigenvalue weighted by Crippen LogP contribution is 2.30. The summed E-state index contributed by atoms with van der Waals surface area (Å²) in [5.41, 5.74) is 1.47. The van der Waals surface area contributed by atoms with Crippen molar-refractivity contribution >= 4 is 28.8 Å². The van der Waals surface area contributed by atoms with Crippen molar-refractivity contribution in [2.45, 2.75) is 25.8 Å². The lowest BCUT2D eigenvalue weighted by atomic mass is 10.1. The molecule has 1 saturated heterocycles. The molecule has 9 heteroatoms. The molecule has 1 saturated carbocycles. The second-order valence-electron chi connectivity index (χ2n) is 7.91. The molecule has 2 aromatic rings. The first-order valence-electron chi connectivity index (χ1n) is 10.2. The van der Waals surface area contributed by atoms with Crippen LogP contribution < -0.4 is 10.2 Å². The van der Waals surface area contributed by atoms with Gasteiger partial charge < -0.3 is 15.1 Å². The number of Topliss-reactive ketones (excluding diaryl/α,β-unsaturated/α-hetero) is 1. The molecule has 0 atom stereocenters. The van der Waals surface area contributed by atoms with Crippen LogP contribution in [0.2, 0.25) is 0 Å². The molecule has 0 radical (unpaired) electrons. The Morgan fingerprint density at radius 1 is 1.10 bits per heavy atom. The van der Waals surface area contributed by atoms with Crippen LogP contribution in [0.15, 0.2) is 36.4 Å².